The van der Waals surface area contributed by atoms with Crippen LogP contribution in [0.4, 0.5) is 0 Å². The molecule has 6 heterocycles. The fourth-order valence-corrected chi connectivity index (χ4v) is 8.67. The summed E-state index contributed by atoms with van der Waals surface area (Å²) in [6, 6.07) is 16.5. The Morgan fingerprint density at radius 1 is 0.632 bits per heavy atom. The van der Waals surface area contributed by atoms with Crippen LogP contribution >= 0.6 is 44.3 Å². The molecular weight excluding hydrogens is 557 g/mol. The molecule has 14 heteroatoms. The zero-order valence-corrected chi connectivity index (χ0v) is 22.7. The molecule has 0 aliphatic rings. The molecule has 0 fully saturated rings. The van der Waals surface area contributed by atoms with Crippen LogP contribution in [0, 0.1) is 0 Å². The maximum absolute atomic E-state index is 4.77. The van der Waals surface area contributed by atoms with E-state index < -0.39 is 0 Å². The van der Waals surface area contributed by atoms with Gasteiger partial charge in [0.1, 0.15) is 0 Å². The summed E-state index contributed by atoms with van der Waals surface area (Å²) >= 11 is 3.04. The van der Waals surface area contributed by atoms with Crippen LogP contribution in [-0.4, -0.2) is 49.6 Å². The molecule has 0 unspecified atom stereocenters. The van der Waals surface area contributed by atoms with Crippen molar-refractivity contribution < 1.29 is 0 Å². The van der Waals surface area contributed by atoms with E-state index in [0.717, 1.165) is 41.3 Å². The third kappa shape index (κ3) is 3.79. The maximum Gasteiger partial charge on any atom is 0.235 e. The Hall–Kier alpha value is -3.72. The summed E-state index contributed by atoms with van der Waals surface area (Å²) < 4.78 is 5.47. The van der Waals surface area contributed by atoms with Gasteiger partial charge in [0, 0.05) is 47.0 Å². The van der Waals surface area contributed by atoms with Crippen LogP contribution < -0.4 is 0 Å². The summed E-state index contributed by atoms with van der Waals surface area (Å²) in [6.45, 7) is 0. The summed E-state index contributed by atoms with van der Waals surface area (Å²) in [5.41, 5.74) is 4.58. The average molecular weight is 573 g/mol. The lowest BCUT2D eigenvalue weighted by Crippen LogP contribution is -1.97. The molecule has 0 saturated heterocycles. The summed E-state index contributed by atoms with van der Waals surface area (Å²) in [7, 11) is 3.13. The molecule has 0 aliphatic heterocycles. The van der Waals surface area contributed by atoms with Crippen molar-refractivity contribution in [2.45, 2.75) is 21.5 Å². The highest BCUT2D eigenvalue weighted by atomic mass is 33.1. The van der Waals surface area contributed by atoms with Gasteiger partial charge in [-0.1, -0.05) is 59.1 Å². The first-order chi connectivity index (χ1) is 18.8. The average Bonchev–Trinajstić information content (AvgIpc) is 3.77. The van der Waals surface area contributed by atoms with Crippen molar-refractivity contribution in [3.63, 3.8) is 0 Å². The second kappa shape index (κ2) is 8.94. The number of nitrogens with zero attached hydrogens (tertiary/aromatic N) is 8. The first-order valence-corrected chi connectivity index (χ1v) is 15.4. The molecule has 0 saturated carbocycles. The van der Waals surface area contributed by atoms with Gasteiger partial charge in [-0.15, -0.1) is 30.6 Å². The van der Waals surface area contributed by atoms with Gasteiger partial charge in [0.2, 0.25) is 9.92 Å². The fraction of sp³-hybridized carbons (Fsp3) is 0.0833. The molecule has 0 radical (unpaired) electrons. The number of aromatic amines is 2. The minimum atomic E-state index is 0.655. The molecule has 0 aliphatic carbocycles. The highest BCUT2D eigenvalue weighted by Gasteiger charge is 2.18. The molecule has 2 aromatic carbocycles. The first kappa shape index (κ1) is 22.3. The van der Waals surface area contributed by atoms with E-state index >= 15 is 0 Å². The van der Waals surface area contributed by atoms with E-state index in [1.807, 2.05) is 45.7 Å². The fourth-order valence-electron chi connectivity index (χ4n) is 4.54. The highest BCUT2D eigenvalue weighted by molar-refractivity contribution is 8.77. The predicted molar refractivity (Wildman–Crippen MR) is 151 cm³/mol. The quantitative estimate of drug-likeness (QED) is 0.236. The number of benzene rings is 2. The van der Waals surface area contributed by atoms with Crippen LogP contribution in [0.2, 0.25) is 0 Å². The van der Waals surface area contributed by atoms with Gasteiger partial charge in [-0.25, -0.2) is 0 Å². The Morgan fingerprint density at radius 2 is 1.11 bits per heavy atom. The molecule has 0 spiro atoms. The standard InChI is InChI=1S/C24H16N10S4/c1-3-7-17-15(5-1)13(11-25-17)9-19-27-29-21-33(19)31-23(35-21)37-38-24-32-34-20(28-30-22(34)36-24)10-14-12-26-18-8-4-2-6-16(14)18/h1-8,11-12,25-26H,9-10H2. The summed E-state index contributed by atoms with van der Waals surface area (Å²) in [5.74, 6) is 1.64. The van der Waals surface area contributed by atoms with Gasteiger partial charge < -0.3 is 9.97 Å². The third-order valence-electron chi connectivity index (χ3n) is 6.31. The van der Waals surface area contributed by atoms with E-state index in [2.05, 4.69) is 54.6 Å². The number of nitrogens with one attached hydrogen (secondary N) is 2. The lowest BCUT2D eigenvalue weighted by atomic mass is 10.1. The number of hydrogen-bond acceptors (Lipinski definition) is 10. The number of rotatable bonds is 7. The molecular formula is C24H16N10S4. The van der Waals surface area contributed by atoms with Gasteiger partial charge in [0.05, 0.1) is 0 Å². The first-order valence-electron chi connectivity index (χ1n) is 11.7. The molecule has 2 N–H and O–H groups in total. The largest absolute Gasteiger partial charge is 0.361 e. The number of H-pyrrole nitrogens is 2. The molecule has 186 valence electrons. The highest BCUT2D eigenvalue weighted by Crippen LogP contribution is 2.41. The molecule has 38 heavy (non-hydrogen) atoms. The molecule has 8 rings (SSSR count). The molecule has 10 nitrogen and oxygen atoms in total. The summed E-state index contributed by atoms with van der Waals surface area (Å²) in [6.07, 6.45) is 5.37. The molecule has 0 amide bonds. The maximum atomic E-state index is 4.77. The smallest absolute Gasteiger partial charge is 0.235 e. The molecule has 0 bridgehead atoms. The molecule has 0 atom stereocenters. The number of fused-ring (bicyclic) bond motifs is 4. The van der Waals surface area contributed by atoms with Crippen LogP contribution in [0.3, 0.4) is 0 Å². The van der Waals surface area contributed by atoms with Crippen molar-refractivity contribution >= 4 is 76.0 Å². The lowest BCUT2D eigenvalue weighted by Gasteiger charge is -1.97. The van der Waals surface area contributed by atoms with Crippen molar-refractivity contribution in [2.75, 3.05) is 0 Å². The Bertz CT molecular complexity index is 1920. The summed E-state index contributed by atoms with van der Waals surface area (Å²) in [4.78, 5) is 8.21. The predicted octanol–water partition coefficient (Wildman–Crippen LogP) is 5.63. The van der Waals surface area contributed by atoms with Crippen LogP contribution in [0.15, 0.2) is 69.6 Å². The van der Waals surface area contributed by atoms with Gasteiger partial charge in [-0.3, -0.25) is 0 Å². The van der Waals surface area contributed by atoms with E-state index in [9.17, 15) is 0 Å². The molecule has 8 aromatic rings. The Morgan fingerprint density at radius 3 is 1.61 bits per heavy atom. The van der Waals surface area contributed by atoms with Crippen molar-refractivity contribution in [3.8, 4) is 0 Å². The second-order valence-electron chi connectivity index (χ2n) is 8.60. The van der Waals surface area contributed by atoms with Crippen LogP contribution in [0.1, 0.15) is 22.8 Å². The monoisotopic (exact) mass is 572 g/mol. The van der Waals surface area contributed by atoms with Gasteiger partial charge in [0.15, 0.2) is 20.3 Å². The zero-order chi connectivity index (χ0) is 25.1. The Kier molecular flexibility index (Phi) is 5.24. The van der Waals surface area contributed by atoms with Crippen LogP contribution in [0.5, 0.6) is 0 Å². The topological polar surface area (TPSA) is 118 Å². The van der Waals surface area contributed by atoms with Gasteiger partial charge >= 0.3 is 0 Å². The number of para-hydroxylation sites is 2. The van der Waals surface area contributed by atoms with Gasteiger partial charge in [-0.2, -0.15) is 9.03 Å². The van der Waals surface area contributed by atoms with E-state index in [1.54, 1.807) is 21.6 Å². The lowest BCUT2D eigenvalue weighted by molar-refractivity contribution is 0.824. The van der Waals surface area contributed by atoms with E-state index in [4.69, 9.17) is 10.2 Å². The normalized spacial score (nSPS) is 12.1. The van der Waals surface area contributed by atoms with Gasteiger partial charge in [-0.05, 0) is 44.8 Å². The van der Waals surface area contributed by atoms with Gasteiger partial charge in [0.25, 0.3) is 0 Å². The summed E-state index contributed by atoms with van der Waals surface area (Å²) in [5, 5.41) is 29.4. The van der Waals surface area contributed by atoms with E-state index in [1.165, 1.54) is 44.6 Å². The van der Waals surface area contributed by atoms with E-state index in [-0.39, 0.29) is 0 Å². The second-order valence-corrected chi connectivity index (χ2v) is 13.1. The zero-order valence-electron chi connectivity index (χ0n) is 19.4. The number of aromatic nitrogens is 10. The van der Waals surface area contributed by atoms with Crippen LogP contribution in [-0.2, 0) is 12.8 Å². The van der Waals surface area contributed by atoms with Crippen molar-refractivity contribution in [2.24, 2.45) is 0 Å². The van der Waals surface area contributed by atoms with Crippen molar-refractivity contribution in [3.05, 3.63) is 83.7 Å². The number of hydrogen-bond donors (Lipinski definition) is 2. The minimum absolute atomic E-state index is 0.655. The molecule has 6 aromatic heterocycles. The van der Waals surface area contributed by atoms with Crippen molar-refractivity contribution in [1.82, 2.24) is 49.6 Å². The SMILES string of the molecule is c1ccc2c(Cc3nnc4sc(SSc5nn6c(Cc7c[nH]c8ccccc78)nnc6s5)nn34)c[nH]c2c1. The van der Waals surface area contributed by atoms with Crippen LogP contribution in [0.25, 0.3) is 31.7 Å². The third-order valence-corrected chi connectivity index (χ3v) is 11.1. The Labute approximate surface area is 229 Å². The minimum Gasteiger partial charge on any atom is -0.361 e. The van der Waals surface area contributed by atoms with Crippen molar-refractivity contribution in [1.29, 1.82) is 0 Å². The van der Waals surface area contributed by atoms with E-state index in [0.29, 0.717) is 12.8 Å². The Balaban J connectivity index is 1.00.